The number of benzene rings is 1. The van der Waals surface area contributed by atoms with Gasteiger partial charge in [-0.15, -0.1) is 11.6 Å². The molecule has 0 amide bonds. The van der Waals surface area contributed by atoms with E-state index >= 15 is 0 Å². The maximum absolute atomic E-state index is 14.2. The Bertz CT molecular complexity index is 1220. The molecule has 0 saturated carbocycles. The maximum Gasteiger partial charge on any atom is 0.380 e. The van der Waals surface area contributed by atoms with Crippen LogP contribution in [0.15, 0.2) is 47.4 Å². The van der Waals surface area contributed by atoms with Crippen LogP contribution in [-0.2, 0) is 23.4 Å². The Kier molecular flexibility index (Phi) is 9.59. The van der Waals surface area contributed by atoms with E-state index in [9.17, 15) is 23.7 Å². The molecule has 0 spiro atoms. The molecule has 0 aliphatic carbocycles. The van der Waals surface area contributed by atoms with E-state index in [1.54, 1.807) is 44.2 Å². The number of carbonyl (C=O) groups is 1. The minimum atomic E-state index is -4.11. The average molecular weight is 576 g/mol. The van der Waals surface area contributed by atoms with Gasteiger partial charge in [-0.2, -0.15) is 4.98 Å². The molecular weight excluding hydrogens is 544 g/mol. The number of nitrogen functional groups attached to an aromatic ring is 1. The van der Waals surface area contributed by atoms with Gasteiger partial charge >= 0.3 is 19.3 Å². The summed E-state index contributed by atoms with van der Waals surface area (Å²) in [5.41, 5.74) is 4.66. The first kappa shape index (κ1) is 30.0. The largest absolute Gasteiger partial charge is 0.463 e. The highest BCUT2D eigenvalue weighted by molar-refractivity contribution is 7.54. The third-order valence-electron chi connectivity index (χ3n) is 5.84. The summed E-state index contributed by atoms with van der Waals surface area (Å²) in [6.45, 7) is 5.03. The standard InChI is InChI=1S/C24H32ClFN3O8P/c1-14(2)34-21(31)15(3)12-38(33,37-17-8-6-5-7-9-17)36-16(4)19-20(30)24(25,13-26)22(35-19)29-11-10-18(27)28-23(29)32/h5-11,14-16,19-20,22,30H,12-13H2,1-4H3,(H2,27,28,32)/t15-,16+,19-,20+,22-,24?,38+/m1/s1. The summed E-state index contributed by atoms with van der Waals surface area (Å²) >= 11 is 6.45. The Balaban J connectivity index is 1.88. The number of carbonyl (C=O) groups excluding carboxylic acids is 1. The van der Waals surface area contributed by atoms with Crippen LogP contribution < -0.4 is 15.9 Å². The van der Waals surface area contributed by atoms with Gasteiger partial charge in [0.15, 0.2) is 6.23 Å². The highest BCUT2D eigenvalue weighted by atomic mass is 35.5. The molecule has 1 aromatic carbocycles. The first-order valence-electron chi connectivity index (χ1n) is 12.0. The Labute approximate surface area is 224 Å². The van der Waals surface area contributed by atoms with E-state index in [-0.39, 0.29) is 23.8 Å². The first-order chi connectivity index (χ1) is 17.8. The number of aliphatic hydroxyl groups is 1. The molecule has 2 heterocycles. The normalized spacial score (nSPS) is 26.5. The number of nitrogens with two attached hydrogens (primary N) is 1. The molecule has 2 aromatic rings. The molecule has 11 nitrogen and oxygen atoms in total. The van der Waals surface area contributed by atoms with E-state index in [2.05, 4.69) is 4.98 Å². The van der Waals surface area contributed by atoms with Crippen LogP contribution in [0.3, 0.4) is 0 Å². The second kappa shape index (κ2) is 12.1. The first-order valence-corrected chi connectivity index (χ1v) is 14.1. The number of aromatic nitrogens is 2. The van der Waals surface area contributed by atoms with Crippen molar-refractivity contribution >= 4 is 31.0 Å². The van der Waals surface area contributed by atoms with Crippen LogP contribution >= 0.6 is 19.2 Å². The van der Waals surface area contributed by atoms with Gasteiger partial charge in [0.25, 0.3) is 0 Å². The molecule has 1 fully saturated rings. The van der Waals surface area contributed by atoms with E-state index in [4.69, 9.17) is 35.9 Å². The summed E-state index contributed by atoms with van der Waals surface area (Å²) in [7, 11) is -4.11. The van der Waals surface area contributed by atoms with Gasteiger partial charge in [0.2, 0.25) is 0 Å². The summed E-state index contributed by atoms with van der Waals surface area (Å²) in [5.74, 6) is -1.33. The van der Waals surface area contributed by atoms with Crippen LogP contribution in [-0.4, -0.2) is 62.8 Å². The zero-order valence-corrected chi connectivity index (χ0v) is 23.0. The maximum atomic E-state index is 14.2. The van der Waals surface area contributed by atoms with Gasteiger partial charge in [0.05, 0.1) is 24.3 Å². The van der Waals surface area contributed by atoms with Crippen LogP contribution in [0.1, 0.15) is 33.9 Å². The summed E-state index contributed by atoms with van der Waals surface area (Å²) < 4.78 is 51.6. The fourth-order valence-corrected chi connectivity index (χ4v) is 6.36. The van der Waals surface area contributed by atoms with Gasteiger partial charge in [-0.25, -0.2) is 13.8 Å². The quantitative estimate of drug-likeness (QED) is 0.232. The van der Waals surface area contributed by atoms with E-state index < -0.39 is 61.3 Å². The summed E-state index contributed by atoms with van der Waals surface area (Å²) in [6.07, 6.45) is -5.26. The summed E-state index contributed by atoms with van der Waals surface area (Å²) in [4.78, 5) is 26.3. The molecule has 14 heteroatoms. The molecular formula is C24H32ClFN3O8P. The number of nitrogens with zero attached hydrogens (tertiary/aromatic N) is 2. The lowest BCUT2D eigenvalue weighted by molar-refractivity contribution is -0.151. The minimum Gasteiger partial charge on any atom is -0.463 e. The van der Waals surface area contributed by atoms with E-state index in [0.29, 0.717) is 0 Å². The number of halogens is 2. The molecule has 38 heavy (non-hydrogen) atoms. The molecule has 0 bridgehead atoms. The molecule has 1 aliphatic heterocycles. The number of aliphatic hydroxyl groups excluding tert-OH is 1. The van der Waals surface area contributed by atoms with Gasteiger partial charge in [-0.3, -0.25) is 13.9 Å². The number of hydrogen-bond donors (Lipinski definition) is 2. The van der Waals surface area contributed by atoms with Gasteiger partial charge in [0.1, 0.15) is 35.3 Å². The van der Waals surface area contributed by atoms with Crippen molar-refractivity contribution in [3.05, 3.63) is 53.1 Å². The van der Waals surface area contributed by atoms with E-state index in [1.165, 1.54) is 26.1 Å². The van der Waals surface area contributed by atoms with Gasteiger partial charge < -0.3 is 24.8 Å². The average Bonchev–Trinajstić information content (AvgIpc) is 3.10. The van der Waals surface area contributed by atoms with E-state index in [1.807, 2.05) is 0 Å². The number of hydrogen-bond acceptors (Lipinski definition) is 10. The van der Waals surface area contributed by atoms with Crippen LogP contribution in [0.5, 0.6) is 5.75 Å². The molecule has 3 rings (SSSR count). The fourth-order valence-electron chi connectivity index (χ4n) is 3.98. The summed E-state index contributed by atoms with van der Waals surface area (Å²) in [5, 5.41) is 11.0. The molecule has 1 saturated heterocycles. The number of para-hydroxylation sites is 1. The fraction of sp³-hybridized carbons (Fsp3) is 0.542. The molecule has 210 valence electrons. The van der Waals surface area contributed by atoms with Crippen molar-refractivity contribution in [2.24, 2.45) is 5.92 Å². The van der Waals surface area contributed by atoms with Crippen LogP contribution in [0, 0.1) is 5.92 Å². The lowest BCUT2D eigenvalue weighted by Crippen LogP contribution is -2.47. The van der Waals surface area contributed by atoms with Crippen LogP contribution in [0.4, 0.5) is 10.2 Å². The number of ether oxygens (including phenoxy) is 2. The van der Waals surface area contributed by atoms with Crippen molar-refractivity contribution in [3.8, 4) is 5.75 Å². The monoisotopic (exact) mass is 575 g/mol. The van der Waals surface area contributed by atoms with Gasteiger partial charge in [-0.05, 0) is 39.0 Å². The molecule has 0 radical (unpaired) electrons. The van der Waals surface area contributed by atoms with Crippen LogP contribution in [0.2, 0.25) is 0 Å². The second-order valence-electron chi connectivity index (χ2n) is 9.40. The number of rotatable bonds is 11. The number of alkyl halides is 2. The molecule has 1 unspecified atom stereocenters. The molecule has 7 atom stereocenters. The lowest BCUT2D eigenvalue weighted by atomic mass is 9.97. The van der Waals surface area contributed by atoms with E-state index in [0.717, 1.165) is 4.57 Å². The van der Waals surface area contributed by atoms with Crippen molar-refractivity contribution in [2.75, 3.05) is 18.6 Å². The third kappa shape index (κ3) is 6.73. The number of anilines is 1. The van der Waals surface area contributed by atoms with Crippen molar-refractivity contribution in [1.82, 2.24) is 9.55 Å². The Morgan fingerprint density at radius 2 is 1.95 bits per heavy atom. The minimum absolute atomic E-state index is 0.0671. The molecule has 1 aliphatic rings. The van der Waals surface area contributed by atoms with Gasteiger partial charge in [-0.1, -0.05) is 25.1 Å². The highest BCUT2D eigenvalue weighted by Gasteiger charge is 2.59. The predicted molar refractivity (Wildman–Crippen MR) is 138 cm³/mol. The molecule has 1 aromatic heterocycles. The Morgan fingerprint density at radius 1 is 1.29 bits per heavy atom. The van der Waals surface area contributed by atoms with Crippen molar-refractivity contribution in [2.45, 2.75) is 63.2 Å². The smallest absolute Gasteiger partial charge is 0.380 e. The molecule has 3 N–H and O–H groups in total. The van der Waals surface area contributed by atoms with Gasteiger partial charge in [0, 0.05) is 6.20 Å². The SMILES string of the molecule is CC(C)OC(=O)[C@H](C)C[P@@](=O)(Oc1ccccc1)O[C@@H](C)[C@H]1O[C@@H](n2ccc(N)nc2=O)C(Cl)(CF)[C@H]1O. The summed E-state index contributed by atoms with van der Waals surface area (Å²) in [6, 6.07) is 9.46. The highest BCUT2D eigenvalue weighted by Crippen LogP contribution is 2.53. The Morgan fingerprint density at radius 3 is 2.53 bits per heavy atom. The van der Waals surface area contributed by atoms with Crippen LogP contribution in [0.25, 0.3) is 0 Å². The number of esters is 1. The predicted octanol–water partition coefficient (Wildman–Crippen LogP) is 3.30. The van der Waals surface area contributed by atoms with Crippen molar-refractivity contribution in [3.63, 3.8) is 0 Å². The lowest BCUT2D eigenvalue weighted by Gasteiger charge is -2.29. The second-order valence-corrected chi connectivity index (χ2v) is 12.1. The van der Waals surface area contributed by atoms with Crippen molar-refractivity contribution in [1.29, 1.82) is 0 Å². The Hall–Kier alpha value is -2.50. The zero-order chi connectivity index (χ0) is 28.3. The van der Waals surface area contributed by atoms with Crippen molar-refractivity contribution < 1.29 is 37.4 Å². The zero-order valence-electron chi connectivity index (χ0n) is 21.4. The third-order valence-corrected chi connectivity index (χ3v) is 8.49. The topological polar surface area (TPSA) is 152 Å².